The Labute approximate surface area is 188 Å². The van der Waals surface area contributed by atoms with Crippen molar-refractivity contribution >= 4 is 59.8 Å². The van der Waals surface area contributed by atoms with Gasteiger partial charge >= 0.3 is 0 Å². The topological polar surface area (TPSA) is 115 Å². The molecule has 0 radical (unpaired) electrons. The first-order valence-corrected chi connectivity index (χ1v) is 10.3. The Morgan fingerprint density at radius 3 is 1.73 bits per heavy atom. The maximum atomic E-state index is 10.7. The summed E-state index contributed by atoms with van der Waals surface area (Å²) in [7, 11) is 0. The van der Waals surface area contributed by atoms with Crippen LogP contribution in [0.25, 0.3) is 53.9 Å². The van der Waals surface area contributed by atoms with E-state index >= 15 is 0 Å². The number of benzene rings is 6. The molecular formula is C27H20N4O2. The van der Waals surface area contributed by atoms with Gasteiger partial charge in [0.2, 0.25) is 0 Å². The third kappa shape index (κ3) is 3.74. The Bertz CT molecular complexity index is 1710. The van der Waals surface area contributed by atoms with E-state index < -0.39 is 0 Å². The smallest absolute Gasteiger partial charge is 0.183 e. The number of hydrogen-bond acceptors (Lipinski definition) is 4. The molecule has 6 heteroatoms. The van der Waals surface area contributed by atoms with Crippen LogP contribution in [0.4, 0.5) is 0 Å². The molecule has 0 aliphatic heterocycles. The molecule has 5 N–H and O–H groups in total. The van der Waals surface area contributed by atoms with E-state index in [1.807, 2.05) is 12.1 Å². The van der Waals surface area contributed by atoms with Crippen LogP contribution in [-0.2, 0) is 0 Å². The number of nitrogens with two attached hydrogens (primary N) is 2. The minimum atomic E-state index is -0.333. The number of fused-ring (bicyclic) bond motifs is 6. The van der Waals surface area contributed by atoms with E-state index in [2.05, 4.69) is 89.6 Å². The molecule has 0 unspecified atom stereocenters. The number of hydrogen-bond donors (Lipinski definition) is 3. The van der Waals surface area contributed by atoms with E-state index in [0.29, 0.717) is 5.75 Å². The van der Waals surface area contributed by atoms with E-state index in [4.69, 9.17) is 10.2 Å². The second kappa shape index (κ2) is 8.09. The molecule has 33 heavy (non-hydrogen) atoms. The molecule has 0 aliphatic rings. The van der Waals surface area contributed by atoms with Crippen molar-refractivity contribution in [2.45, 2.75) is 0 Å². The zero-order chi connectivity index (χ0) is 22.9. The lowest BCUT2D eigenvalue weighted by atomic mass is 9.94. The lowest BCUT2D eigenvalue weighted by Gasteiger charge is -2.10. The largest absolute Gasteiger partial charge is 0.370 e. The molecule has 0 heterocycles. The summed E-state index contributed by atoms with van der Waals surface area (Å²) in [5, 5.41) is 20.1. The van der Waals surface area contributed by atoms with Gasteiger partial charge in [-0.1, -0.05) is 48.5 Å². The molecule has 0 atom stereocenters. The van der Waals surface area contributed by atoms with Crippen LogP contribution >= 0.6 is 0 Å². The summed E-state index contributed by atoms with van der Waals surface area (Å²) in [6.07, 6.45) is 0. The van der Waals surface area contributed by atoms with Gasteiger partial charge in [-0.25, -0.2) is 0 Å². The molecule has 6 aromatic rings. The molecule has 0 bridgehead atoms. The quantitative estimate of drug-likeness (QED) is 0.0738. The van der Waals surface area contributed by atoms with Crippen molar-refractivity contribution in [1.82, 2.24) is 0 Å². The van der Waals surface area contributed by atoms with E-state index in [1.165, 1.54) is 32.3 Å². The average molecular weight is 432 g/mol. The SMILES string of the molecule is N=C(N)N.O=NOc1cccc2cc3ccc4cc5cc6ccccc6cc5cc4c3cc12. The van der Waals surface area contributed by atoms with Crippen LogP contribution in [0.3, 0.4) is 0 Å². The lowest BCUT2D eigenvalue weighted by Crippen LogP contribution is -2.20. The number of nitrogens with zero attached hydrogens (tertiary/aromatic N) is 1. The monoisotopic (exact) mass is 432 g/mol. The van der Waals surface area contributed by atoms with Gasteiger partial charge in [0.25, 0.3) is 0 Å². The van der Waals surface area contributed by atoms with Crippen molar-refractivity contribution in [3.63, 3.8) is 0 Å². The number of guanidine groups is 1. The molecule has 0 fully saturated rings. The average Bonchev–Trinajstić information content (AvgIpc) is 2.80. The van der Waals surface area contributed by atoms with Crippen molar-refractivity contribution in [2.24, 2.45) is 16.8 Å². The molecule has 0 spiro atoms. The van der Waals surface area contributed by atoms with Crippen molar-refractivity contribution in [3.05, 3.63) is 95.9 Å². The van der Waals surface area contributed by atoms with Gasteiger partial charge in [0, 0.05) is 5.39 Å². The van der Waals surface area contributed by atoms with Crippen LogP contribution in [0.1, 0.15) is 0 Å². The molecule has 0 amide bonds. The maximum Gasteiger partial charge on any atom is 0.183 e. The fourth-order valence-electron chi connectivity index (χ4n) is 4.37. The van der Waals surface area contributed by atoms with Crippen LogP contribution in [0.5, 0.6) is 5.75 Å². The molecule has 6 aromatic carbocycles. The minimum absolute atomic E-state index is 0.333. The molecule has 0 saturated heterocycles. The molecule has 6 rings (SSSR count). The van der Waals surface area contributed by atoms with Crippen LogP contribution in [0.2, 0.25) is 0 Å². The number of rotatable bonds is 2. The summed E-state index contributed by atoms with van der Waals surface area (Å²) in [5.41, 5.74) is 8.94. The molecule has 0 aromatic heterocycles. The first-order valence-electron chi connectivity index (χ1n) is 10.3. The predicted molar refractivity (Wildman–Crippen MR) is 136 cm³/mol. The molecule has 0 saturated carbocycles. The molecule has 160 valence electrons. The minimum Gasteiger partial charge on any atom is -0.370 e. The van der Waals surface area contributed by atoms with Gasteiger partial charge in [0.1, 0.15) is 0 Å². The zero-order valence-electron chi connectivity index (χ0n) is 17.6. The summed E-state index contributed by atoms with van der Waals surface area (Å²) < 4.78 is 0. The summed E-state index contributed by atoms with van der Waals surface area (Å²) in [5.74, 6) is 0.142. The van der Waals surface area contributed by atoms with Gasteiger partial charge in [-0.3, -0.25) is 5.41 Å². The van der Waals surface area contributed by atoms with E-state index in [1.54, 1.807) is 6.07 Å². The van der Waals surface area contributed by atoms with Gasteiger partial charge in [0.05, 0.1) is 0 Å². The summed E-state index contributed by atoms with van der Waals surface area (Å²) in [6.45, 7) is 0. The van der Waals surface area contributed by atoms with Gasteiger partial charge in [0.15, 0.2) is 17.0 Å². The van der Waals surface area contributed by atoms with Crippen molar-refractivity contribution in [1.29, 1.82) is 5.41 Å². The highest BCUT2D eigenvalue weighted by Crippen LogP contribution is 2.36. The third-order valence-electron chi connectivity index (χ3n) is 5.75. The van der Waals surface area contributed by atoms with E-state index in [9.17, 15) is 4.91 Å². The van der Waals surface area contributed by atoms with Crippen LogP contribution in [0.15, 0.2) is 96.3 Å². The van der Waals surface area contributed by atoms with E-state index in [-0.39, 0.29) is 5.96 Å². The van der Waals surface area contributed by atoms with Crippen LogP contribution in [-0.4, -0.2) is 5.96 Å². The van der Waals surface area contributed by atoms with E-state index in [0.717, 1.165) is 21.5 Å². The second-order valence-electron chi connectivity index (χ2n) is 7.86. The van der Waals surface area contributed by atoms with Crippen LogP contribution in [0, 0.1) is 10.3 Å². The van der Waals surface area contributed by atoms with Gasteiger partial charge in [-0.2, -0.15) is 0 Å². The van der Waals surface area contributed by atoms with Crippen molar-refractivity contribution in [2.75, 3.05) is 0 Å². The van der Waals surface area contributed by atoms with Crippen molar-refractivity contribution < 1.29 is 4.84 Å². The fourth-order valence-corrected chi connectivity index (χ4v) is 4.37. The summed E-state index contributed by atoms with van der Waals surface area (Å²) in [4.78, 5) is 15.6. The summed E-state index contributed by atoms with van der Waals surface area (Å²) >= 11 is 0. The zero-order valence-corrected chi connectivity index (χ0v) is 17.6. The number of nitrogens with one attached hydrogen (secondary N) is 1. The standard InChI is InChI=1S/C26H15NO2.CH5N3/c28-27-29-26-7-3-6-18-12-19-8-9-20-13-21-10-16-4-1-2-5-17(16)11-22(21)14-23(20)24(19)15-25(18)26;2-1(3)4/h1-15H;(H5,2,3,4). The Morgan fingerprint density at radius 2 is 1.09 bits per heavy atom. The van der Waals surface area contributed by atoms with Gasteiger partial charge < -0.3 is 16.3 Å². The Morgan fingerprint density at radius 1 is 0.606 bits per heavy atom. The predicted octanol–water partition coefficient (Wildman–Crippen LogP) is 6.35. The highest BCUT2D eigenvalue weighted by Gasteiger charge is 2.09. The van der Waals surface area contributed by atoms with Crippen LogP contribution < -0.4 is 16.3 Å². The summed E-state index contributed by atoms with van der Waals surface area (Å²) in [6, 6.07) is 31.6. The Balaban J connectivity index is 0.000000531. The highest BCUT2D eigenvalue weighted by molar-refractivity contribution is 6.16. The highest BCUT2D eigenvalue weighted by atomic mass is 16.7. The second-order valence-corrected chi connectivity index (χ2v) is 7.86. The maximum absolute atomic E-state index is 10.7. The molecule has 6 nitrogen and oxygen atoms in total. The lowest BCUT2D eigenvalue weighted by molar-refractivity contribution is 0.339. The first-order chi connectivity index (χ1) is 16.0. The first kappa shape index (κ1) is 20.2. The van der Waals surface area contributed by atoms with Gasteiger partial charge in [-0.15, -0.1) is 4.91 Å². The normalized spacial score (nSPS) is 10.9. The molecular weight excluding hydrogens is 412 g/mol. The van der Waals surface area contributed by atoms with Crippen molar-refractivity contribution in [3.8, 4) is 5.75 Å². The van der Waals surface area contributed by atoms with Gasteiger partial charge in [-0.05, 0) is 90.9 Å². The molecule has 0 aliphatic carbocycles. The Hall–Kier alpha value is -4.71. The Kier molecular flexibility index (Phi) is 4.95. The fraction of sp³-hybridized carbons (Fsp3) is 0. The third-order valence-corrected chi connectivity index (χ3v) is 5.75.